The summed E-state index contributed by atoms with van der Waals surface area (Å²) in [5, 5.41) is 0. The Morgan fingerprint density at radius 1 is 1.57 bits per heavy atom. The van der Waals surface area contributed by atoms with Crippen molar-refractivity contribution in [2.75, 3.05) is 20.1 Å². The van der Waals surface area contributed by atoms with Crippen molar-refractivity contribution in [1.29, 1.82) is 0 Å². The number of rotatable bonds is 0. The van der Waals surface area contributed by atoms with Crippen molar-refractivity contribution in [1.82, 2.24) is 9.80 Å². The van der Waals surface area contributed by atoms with Gasteiger partial charge < -0.3 is 15.5 Å². The minimum absolute atomic E-state index is 0.0127. The van der Waals surface area contributed by atoms with Crippen LogP contribution in [0.1, 0.15) is 12.8 Å². The van der Waals surface area contributed by atoms with E-state index in [1.807, 2.05) is 0 Å². The molecular formula is C9H15N3O2. The van der Waals surface area contributed by atoms with E-state index in [2.05, 4.69) is 0 Å². The molecule has 0 bridgehead atoms. The fourth-order valence-corrected chi connectivity index (χ4v) is 2.50. The number of amides is 3. The number of nitrogens with zero attached hydrogens (tertiary/aromatic N) is 2. The van der Waals surface area contributed by atoms with Crippen LogP contribution in [0.3, 0.4) is 0 Å². The molecule has 0 aromatic heterocycles. The van der Waals surface area contributed by atoms with E-state index in [4.69, 9.17) is 5.73 Å². The SMILES string of the molecule is CN1C[C@H]2[C@H](CCCN2C(N)=O)C1=O. The third kappa shape index (κ3) is 1.23. The van der Waals surface area contributed by atoms with Gasteiger partial charge in [-0.1, -0.05) is 0 Å². The highest BCUT2D eigenvalue weighted by Crippen LogP contribution is 2.30. The molecule has 2 fully saturated rings. The second-order valence-corrected chi connectivity index (χ2v) is 4.07. The number of fused-ring (bicyclic) bond motifs is 1. The third-order valence-electron chi connectivity index (χ3n) is 3.22. The lowest BCUT2D eigenvalue weighted by Crippen LogP contribution is -2.50. The number of hydrogen-bond acceptors (Lipinski definition) is 2. The molecule has 0 aromatic rings. The Morgan fingerprint density at radius 3 is 2.93 bits per heavy atom. The summed E-state index contributed by atoms with van der Waals surface area (Å²) in [4.78, 5) is 26.1. The molecule has 2 rings (SSSR count). The number of urea groups is 1. The molecule has 5 heteroatoms. The van der Waals surface area contributed by atoms with Crippen molar-refractivity contribution in [2.24, 2.45) is 11.7 Å². The maximum absolute atomic E-state index is 11.7. The van der Waals surface area contributed by atoms with Crippen molar-refractivity contribution >= 4 is 11.9 Å². The van der Waals surface area contributed by atoms with Gasteiger partial charge in [0.25, 0.3) is 0 Å². The van der Waals surface area contributed by atoms with E-state index < -0.39 is 6.03 Å². The molecule has 2 saturated heterocycles. The first-order valence-electron chi connectivity index (χ1n) is 4.92. The molecule has 2 aliphatic heterocycles. The molecule has 0 saturated carbocycles. The average molecular weight is 197 g/mol. The van der Waals surface area contributed by atoms with Crippen LogP contribution in [0.2, 0.25) is 0 Å². The average Bonchev–Trinajstić information content (AvgIpc) is 2.43. The number of hydrogen-bond donors (Lipinski definition) is 1. The first kappa shape index (κ1) is 9.30. The summed E-state index contributed by atoms with van der Waals surface area (Å²) in [6, 6.07) is -0.387. The molecule has 0 unspecified atom stereocenters. The van der Waals surface area contributed by atoms with Crippen LogP contribution in [-0.2, 0) is 4.79 Å². The Kier molecular flexibility index (Phi) is 2.09. The smallest absolute Gasteiger partial charge is 0.315 e. The van der Waals surface area contributed by atoms with Crippen LogP contribution in [-0.4, -0.2) is 47.9 Å². The van der Waals surface area contributed by atoms with Crippen molar-refractivity contribution in [3.05, 3.63) is 0 Å². The van der Waals surface area contributed by atoms with Crippen LogP contribution in [0.25, 0.3) is 0 Å². The van der Waals surface area contributed by atoms with E-state index in [1.165, 1.54) is 0 Å². The van der Waals surface area contributed by atoms with Gasteiger partial charge in [0.2, 0.25) is 5.91 Å². The van der Waals surface area contributed by atoms with E-state index in [0.29, 0.717) is 13.1 Å². The summed E-state index contributed by atoms with van der Waals surface area (Å²) in [6.07, 6.45) is 1.77. The first-order valence-corrected chi connectivity index (χ1v) is 4.92. The van der Waals surface area contributed by atoms with E-state index in [0.717, 1.165) is 12.8 Å². The maximum Gasteiger partial charge on any atom is 0.315 e. The number of carbonyl (C=O) groups is 2. The molecular weight excluding hydrogens is 182 g/mol. The van der Waals surface area contributed by atoms with E-state index in [-0.39, 0.29) is 17.9 Å². The highest BCUT2D eigenvalue weighted by atomic mass is 16.2. The topological polar surface area (TPSA) is 66.6 Å². The lowest BCUT2D eigenvalue weighted by atomic mass is 9.92. The zero-order valence-electron chi connectivity index (χ0n) is 8.27. The van der Waals surface area contributed by atoms with Gasteiger partial charge in [0.1, 0.15) is 0 Å². The lowest BCUT2D eigenvalue weighted by Gasteiger charge is -2.34. The Labute approximate surface area is 82.8 Å². The predicted octanol–water partition coefficient (Wildman–Crippen LogP) is -0.382. The molecule has 78 valence electrons. The molecule has 5 nitrogen and oxygen atoms in total. The Hall–Kier alpha value is -1.26. The summed E-state index contributed by atoms with van der Waals surface area (Å²) in [5.74, 6) is 0.141. The fraction of sp³-hybridized carbons (Fsp3) is 0.778. The molecule has 0 radical (unpaired) electrons. The molecule has 3 amide bonds. The number of piperidine rings is 1. The van der Waals surface area contributed by atoms with Crippen molar-refractivity contribution < 1.29 is 9.59 Å². The van der Waals surface area contributed by atoms with Crippen molar-refractivity contribution in [3.63, 3.8) is 0 Å². The van der Waals surface area contributed by atoms with Crippen LogP contribution >= 0.6 is 0 Å². The van der Waals surface area contributed by atoms with Gasteiger partial charge in [0.05, 0.1) is 12.0 Å². The van der Waals surface area contributed by atoms with Gasteiger partial charge in [0, 0.05) is 20.1 Å². The minimum Gasteiger partial charge on any atom is -0.351 e. The molecule has 0 spiro atoms. The van der Waals surface area contributed by atoms with E-state index in [1.54, 1.807) is 16.8 Å². The number of likely N-dealkylation sites (tertiary alicyclic amines) is 2. The number of nitrogens with two attached hydrogens (primary N) is 1. The van der Waals surface area contributed by atoms with Gasteiger partial charge >= 0.3 is 6.03 Å². The Balaban J connectivity index is 2.19. The van der Waals surface area contributed by atoms with Gasteiger partial charge in [0.15, 0.2) is 0 Å². The van der Waals surface area contributed by atoms with Crippen molar-refractivity contribution in [2.45, 2.75) is 18.9 Å². The van der Waals surface area contributed by atoms with Gasteiger partial charge in [-0.05, 0) is 12.8 Å². The van der Waals surface area contributed by atoms with Gasteiger partial charge in [-0.15, -0.1) is 0 Å². The summed E-state index contributed by atoms with van der Waals surface area (Å²) < 4.78 is 0. The molecule has 2 aliphatic rings. The van der Waals surface area contributed by atoms with Gasteiger partial charge in [-0.3, -0.25) is 4.79 Å². The number of primary amides is 1. The molecule has 2 atom stereocenters. The standard InChI is InChI=1S/C9H15N3O2/c1-11-5-7-6(8(11)13)3-2-4-12(7)9(10)14/h6-7H,2-5H2,1H3,(H2,10,14)/t6-,7-/m0/s1. The van der Waals surface area contributed by atoms with Crippen LogP contribution in [0, 0.1) is 5.92 Å². The summed E-state index contributed by atoms with van der Waals surface area (Å²) in [6.45, 7) is 1.32. The van der Waals surface area contributed by atoms with Gasteiger partial charge in [-0.2, -0.15) is 0 Å². The van der Waals surface area contributed by atoms with E-state index >= 15 is 0 Å². The third-order valence-corrected chi connectivity index (χ3v) is 3.22. The molecule has 14 heavy (non-hydrogen) atoms. The summed E-state index contributed by atoms with van der Waals surface area (Å²) >= 11 is 0. The number of carbonyl (C=O) groups excluding carboxylic acids is 2. The number of likely N-dealkylation sites (N-methyl/N-ethyl adjacent to an activating group) is 1. The zero-order chi connectivity index (χ0) is 10.3. The van der Waals surface area contributed by atoms with Crippen LogP contribution < -0.4 is 5.73 Å². The normalized spacial score (nSPS) is 31.9. The second kappa shape index (κ2) is 3.15. The van der Waals surface area contributed by atoms with Crippen LogP contribution in [0.15, 0.2) is 0 Å². The second-order valence-electron chi connectivity index (χ2n) is 4.07. The zero-order valence-corrected chi connectivity index (χ0v) is 8.27. The maximum atomic E-state index is 11.7. The Bertz CT molecular complexity index is 273. The highest BCUT2D eigenvalue weighted by molar-refractivity contribution is 5.83. The predicted molar refractivity (Wildman–Crippen MR) is 50.4 cm³/mol. The van der Waals surface area contributed by atoms with Crippen LogP contribution in [0.5, 0.6) is 0 Å². The summed E-state index contributed by atoms with van der Waals surface area (Å²) in [7, 11) is 1.78. The summed E-state index contributed by atoms with van der Waals surface area (Å²) in [5.41, 5.74) is 5.27. The minimum atomic E-state index is -0.400. The molecule has 0 aromatic carbocycles. The highest BCUT2D eigenvalue weighted by Gasteiger charge is 2.44. The van der Waals surface area contributed by atoms with E-state index in [9.17, 15) is 9.59 Å². The molecule has 0 aliphatic carbocycles. The molecule has 2 N–H and O–H groups in total. The van der Waals surface area contributed by atoms with Crippen molar-refractivity contribution in [3.8, 4) is 0 Å². The largest absolute Gasteiger partial charge is 0.351 e. The molecule has 2 heterocycles. The monoisotopic (exact) mass is 197 g/mol. The van der Waals surface area contributed by atoms with Crippen LogP contribution in [0.4, 0.5) is 4.79 Å². The fourth-order valence-electron chi connectivity index (χ4n) is 2.50. The lowest BCUT2D eigenvalue weighted by molar-refractivity contribution is -0.130. The van der Waals surface area contributed by atoms with Gasteiger partial charge in [-0.25, -0.2) is 4.79 Å². The quantitative estimate of drug-likeness (QED) is 0.575. The Morgan fingerprint density at radius 2 is 2.29 bits per heavy atom. The first-order chi connectivity index (χ1) is 6.61.